The second-order valence-electron chi connectivity index (χ2n) is 9.84. The van der Waals surface area contributed by atoms with E-state index < -0.39 is 18.1 Å². The van der Waals surface area contributed by atoms with Crippen molar-refractivity contribution in [3.8, 4) is 11.1 Å². The number of amides is 2. The third kappa shape index (κ3) is 5.33. The highest BCUT2D eigenvalue weighted by Crippen LogP contribution is 2.28. The molecule has 8 nitrogen and oxygen atoms in total. The fraction of sp³-hybridized carbons (Fsp3) is 0.429. The molecular weight excluding hydrogens is 454 g/mol. The van der Waals surface area contributed by atoms with Gasteiger partial charge in [0.05, 0.1) is 24.7 Å². The van der Waals surface area contributed by atoms with Crippen LogP contribution in [0.2, 0.25) is 0 Å². The summed E-state index contributed by atoms with van der Waals surface area (Å²) in [4.78, 5) is 37.2. The molecule has 1 aliphatic heterocycles. The van der Waals surface area contributed by atoms with Crippen LogP contribution in [0.3, 0.4) is 0 Å². The van der Waals surface area contributed by atoms with Gasteiger partial charge in [0.2, 0.25) is 11.8 Å². The van der Waals surface area contributed by atoms with Crippen molar-refractivity contribution in [3.05, 3.63) is 72.1 Å². The number of hydrogen-bond donors (Lipinski definition) is 2. The predicted molar refractivity (Wildman–Crippen MR) is 138 cm³/mol. The van der Waals surface area contributed by atoms with Crippen LogP contribution >= 0.6 is 0 Å². The molecule has 4 rings (SSSR count). The highest BCUT2D eigenvalue weighted by atomic mass is 16.3. The molecule has 3 atom stereocenters. The number of likely N-dealkylation sites (tertiary alicyclic amines) is 1. The number of carbonyl (C=O) groups excluding carboxylic acids is 2. The topological polar surface area (TPSA) is 100 Å². The SMILES string of the molecule is Cc1cn([C@H](C(=O)N2CCC[C@H]2C(=O)N[C@@H](CO)c2ccc(-c3cccnc3C)cc2)C(C)C)cn1. The molecule has 0 unspecified atom stereocenters. The van der Waals surface area contributed by atoms with E-state index in [9.17, 15) is 14.7 Å². The second kappa shape index (κ2) is 11.0. The molecule has 2 N–H and O–H groups in total. The number of benzene rings is 1. The minimum Gasteiger partial charge on any atom is -0.394 e. The molecule has 8 heteroatoms. The number of aromatic nitrogens is 3. The predicted octanol–water partition coefficient (Wildman–Crippen LogP) is 3.60. The molecule has 0 bridgehead atoms. The third-order valence-corrected chi connectivity index (χ3v) is 6.90. The van der Waals surface area contributed by atoms with Crippen LogP contribution in [-0.4, -0.2) is 55.5 Å². The van der Waals surface area contributed by atoms with E-state index in [0.29, 0.717) is 13.0 Å². The smallest absolute Gasteiger partial charge is 0.246 e. The third-order valence-electron chi connectivity index (χ3n) is 6.90. The van der Waals surface area contributed by atoms with E-state index in [2.05, 4.69) is 15.3 Å². The van der Waals surface area contributed by atoms with Crippen LogP contribution in [0.1, 0.15) is 55.7 Å². The standard InChI is InChI=1S/C28H35N5O3/c1-18(2)26(32-15-19(3)30-17-32)28(36)33-14-6-8-25(33)27(35)31-24(16-34)22-11-9-21(10-12-22)23-7-5-13-29-20(23)4/h5,7,9-13,15,17-18,24-26,34H,6,8,14,16H2,1-4H3,(H,31,35)/t24-,25-,26-/m0/s1. The summed E-state index contributed by atoms with van der Waals surface area (Å²) in [5.74, 6) is -0.268. The Hall–Kier alpha value is -3.52. The molecule has 190 valence electrons. The van der Waals surface area contributed by atoms with Gasteiger partial charge in [0.1, 0.15) is 12.1 Å². The summed E-state index contributed by atoms with van der Waals surface area (Å²) in [5, 5.41) is 13.1. The van der Waals surface area contributed by atoms with Crippen LogP contribution in [0.4, 0.5) is 0 Å². The van der Waals surface area contributed by atoms with Crippen LogP contribution in [0.15, 0.2) is 55.1 Å². The van der Waals surface area contributed by atoms with Gasteiger partial charge in [-0.05, 0) is 49.8 Å². The first-order valence-corrected chi connectivity index (χ1v) is 12.5. The maximum atomic E-state index is 13.6. The molecule has 0 saturated carbocycles. The zero-order valence-corrected chi connectivity index (χ0v) is 21.4. The van der Waals surface area contributed by atoms with Gasteiger partial charge in [0.25, 0.3) is 0 Å². The molecule has 1 fully saturated rings. The molecule has 0 spiro atoms. The highest BCUT2D eigenvalue weighted by Gasteiger charge is 2.39. The Morgan fingerprint density at radius 2 is 1.89 bits per heavy atom. The minimum atomic E-state index is -0.560. The molecule has 3 aromatic rings. The van der Waals surface area contributed by atoms with E-state index in [4.69, 9.17) is 0 Å². The van der Waals surface area contributed by atoms with Gasteiger partial charge in [0.15, 0.2) is 0 Å². The Labute approximate surface area is 212 Å². The van der Waals surface area contributed by atoms with Crippen LogP contribution in [0.5, 0.6) is 0 Å². The van der Waals surface area contributed by atoms with Gasteiger partial charge in [-0.1, -0.05) is 44.2 Å². The molecule has 1 aromatic carbocycles. The average molecular weight is 490 g/mol. The summed E-state index contributed by atoms with van der Waals surface area (Å²) >= 11 is 0. The first-order valence-electron chi connectivity index (χ1n) is 12.5. The number of aliphatic hydroxyl groups excluding tert-OH is 1. The van der Waals surface area contributed by atoms with Crippen molar-refractivity contribution in [2.75, 3.05) is 13.2 Å². The Kier molecular flexibility index (Phi) is 7.84. The number of carbonyl (C=O) groups is 2. The number of nitrogens with zero attached hydrogens (tertiary/aromatic N) is 4. The minimum absolute atomic E-state index is 0.0440. The van der Waals surface area contributed by atoms with E-state index in [1.807, 2.05) is 74.9 Å². The fourth-order valence-corrected chi connectivity index (χ4v) is 5.01. The number of pyridine rings is 1. The molecule has 3 heterocycles. The first-order chi connectivity index (χ1) is 17.3. The van der Waals surface area contributed by atoms with Crippen LogP contribution in [0.25, 0.3) is 11.1 Å². The van der Waals surface area contributed by atoms with Crippen LogP contribution in [0, 0.1) is 19.8 Å². The van der Waals surface area contributed by atoms with E-state index in [-0.39, 0.29) is 24.3 Å². The van der Waals surface area contributed by atoms with E-state index in [0.717, 1.165) is 34.5 Å². The molecule has 1 saturated heterocycles. The Bertz CT molecular complexity index is 1200. The zero-order valence-electron chi connectivity index (χ0n) is 21.4. The second-order valence-corrected chi connectivity index (χ2v) is 9.84. The van der Waals surface area contributed by atoms with Gasteiger partial charge >= 0.3 is 0 Å². The van der Waals surface area contributed by atoms with Crippen LogP contribution < -0.4 is 5.32 Å². The largest absolute Gasteiger partial charge is 0.394 e. The zero-order chi connectivity index (χ0) is 25.8. The maximum absolute atomic E-state index is 13.6. The van der Waals surface area contributed by atoms with Gasteiger partial charge in [-0.15, -0.1) is 0 Å². The summed E-state index contributed by atoms with van der Waals surface area (Å²) in [5.41, 5.74) is 4.66. The van der Waals surface area contributed by atoms with Crippen molar-refractivity contribution in [1.29, 1.82) is 0 Å². The lowest BCUT2D eigenvalue weighted by atomic mass is 9.99. The first kappa shape index (κ1) is 25.6. The quantitative estimate of drug-likeness (QED) is 0.504. The van der Waals surface area contributed by atoms with Crippen molar-refractivity contribution in [2.24, 2.45) is 5.92 Å². The van der Waals surface area contributed by atoms with Crippen molar-refractivity contribution >= 4 is 11.8 Å². The highest BCUT2D eigenvalue weighted by molar-refractivity contribution is 5.90. The summed E-state index contributed by atoms with van der Waals surface area (Å²) in [7, 11) is 0. The Morgan fingerprint density at radius 1 is 1.14 bits per heavy atom. The maximum Gasteiger partial charge on any atom is 0.246 e. The number of aliphatic hydroxyl groups is 1. The molecule has 0 radical (unpaired) electrons. The van der Waals surface area contributed by atoms with Gasteiger partial charge in [0, 0.05) is 30.2 Å². The Morgan fingerprint density at radius 3 is 2.50 bits per heavy atom. The van der Waals surface area contributed by atoms with Crippen LogP contribution in [-0.2, 0) is 9.59 Å². The van der Waals surface area contributed by atoms with Crippen molar-refractivity contribution in [3.63, 3.8) is 0 Å². The normalized spacial score (nSPS) is 17.3. The molecule has 2 amide bonds. The lowest BCUT2D eigenvalue weighted by molar-refractivity contribution is -0.142. The summed E-state index contributed by atoms with van der Waals surface area (Å²) in [6.45, 7) is 8.16. The molecule has 0 aliphatic carbocycles. The summed E-state index contributed by atoms with van der Waals surface area (Å²) in [6, 6.07) is 10.2. The van der Waals surface area contributed by atoms with E-state index in [1.165, 1.54) is 0 Å². The number of nitrogens with one attached hydrogen (secondary N) is 1. The van der Waals surface area contributed by atoms with Crippen molar-refractivity contribution < 1.29 is 14.7 Å². The number of hydrogen-bond acceptors (Lipinski definition) is 5. The van der Waals surface area contributed by atoms with E-state index >= 15 is 0 Å². The number of aryl methyl sites for hydroxylation is 2. The average Bonchev–Trinajstić information content (AvgIpc) is 3.52. The lowest BCUT2D eigenvalue weighted by Gasteiger charge is -2.31. The summed E-state index contributed by atoms with van der Waals surface area (Å²) in [6.07, 6.45) is 6.68. The summed E-state index contributed by atoms with van der Waals surface area (Å²) < 4.78 is 1.84. The van der Waals surface area contributed by atoms with E-state index in [1.54, 1.807) is 17.4 Å². The van der Waals surface area contributed by atoms with Crippen molar-refractivity contribution in [2.45, 2.75) is 58.7 Å². The molecule has 36 heavy (non-hydrogen) atoms. The van der Waals surface area contributed by atoms with Crippen molar-refractivity contribution in [1.82, 2.24) is 24.8 Å². The Balaban J connectivity index is 1.48. The van der Waals surface area contributed by atoms with Gasteiger partial charge < -0.3 is 19.9 Å². The number of imidazole rings is 1. The fourth-order valence-electron chi connectivity index (χ4n) is 5.01. The monoisotopic (exact) mass is 489 g/mol. The van der Waals surface area contributed by atoms with Gasteiger partial charge in [-0.3, -0.25) is 14.6 Å². The van der Waals surface area contributed by atoms with Gasteiger partial charge in [-0.2, -0.15) is 0 Å². The lowest BCUT2D eigenvalue weighted by Crippen LogP contribution is -2.49. The molecule has 1 aliphatic rings. The molecule has 2 aromatic heterocycles. The molecular formula is C28H35N5O3. The van der Waals surface area contributed by atoms with Gasteiger partial charge in [-0.25, -0.2) is 4.98 Å². The number of rotatable bonds is 8.